The first-order valence-electron chi connectivity index (χ1n) is 6.86. The van der Waals surface area contributed by atoms with Crippen LogP contribution in [0.3, 0.4) is 0 Å². The Hall–Kier alpha value is -2.11. The lowest BCUT2D eigenvalue weighted by atomic mass is 10.0. The molecular weight excluding hydrogens is 277 g/mol. The molecule has 2 N–H and O–H groups in total. The zero-order chi connectivity index (χ0) is 15.8. The SMILES string of the molecule is CCCC(CNC(=O)C(C)Oc1ccc(F)cc1)C(=O)O. The average Bonchev–Trinajstić information content (AvgIpc) is 2.45. The molecule has 5 nitrogen and oxygen atoms in total. The van der Waals surface area contributed by atoms with Crippen molar-refractivity contribution in [3.05, 3.63) is 30.1 Å². The highest BCUT2D eigenvalue weighted by molar-refractivity contribution is 5.81. The maximum Gasteiger partial charge on any atom is 0.308 e. The molecule has 0 aliphatic rings. The molecule has 1 aromatic carbocycles. The summed E-state index contributed by atoms with van der Waals surface area (Å²) in [5.74, 6) is -1.94. The van der Waals surface area contributed by atoms with Gasteiger partial charge in [-0.25, -0.2) is 4.39 Å². The molecule has 0 aliphatic carbocycles. The number of carboxylic acid groups (broad SMARTS) is 1. The first-order valence-corrected chi connectivity index (χ1v) is 6.86. The summed E-state index contributed by atoms with van der Waals surface area (Å²) < 4.78 is 18.1. The predicted octanol–water partition coefficient (Wildman–Crippen LogP) is 2.21. The van der Waals surface area contributed by atoms with Crippen LogP contribution in [0, 0.1) is 11.7 Å². The van der Waals surface area contributed by atoms with E-state index in [4.69, 9.17) is 9.84 Å². The number of carbonyl (C=O) groups is 2. The number of hydrogen-bond donors (Lipinski definition) is 2. The Kier molecular flexibility index (Phi) is 6.65. The van der Waals surface area contributed by atoms with E-state index in [0.717, 1.165) is 6.42 Å². The van der Waals surface area contributed by atoms with E-state index in [9.17, 15) is 14.0 Å². The number of carbonyl (C=O) groups excluding carboxylic acids is 1. The third-order valence-corrected chi connectivity index (χ3v) is 3.00. The molecule has 21 heavy (non-hydrogen) atoms. The van der Waals surface area contributed by atoms with Gasteiger partial charge in [-0.15, -0.1) is 0 Å². The molecule has 0 aliphatic heterocycles. The van der Waals surface area contributed by atoms with Gasteiger partial charge in [-0.2, -0.15) is 0 Å². The lowest BCUT2D eigenvalue weighted by Gasteiger charge is -2.17. The molecular formula is C15H20FNO4. The van der Waals surface area contributed by atoms with Gasteiger partial charge in [0.25, 0.3) is 5.91 Å². The number of nitrogens with one attached hydrogen (secondary N) is 1. The third kappa shape index (κ3) is 5.81. The fourth-order valence-corrected chi connectivity index (χ4v) is 1.80. The summed E-state index contributed by atoms with van der Waals surface area (Å²) in [5, 5.41) is 11.6. The van der Waals surface area contributed by atoms with E-state index >= 15 is 0 Å². The van der Waals surface area contributed by atoms with Crippen LogP contribution < -0.4 is 10.1 Å². The van der Waals surface area contributed by atoms with Crippen LogP contribution in [0.2, 0.25) is 0 Å². The van der Waals surface area contributed by atoms with Crippen molar-refractivity contribution in [2.75, 3.05) is 6.54 Å². The van der Waals surface area contributed by atoms with E-state index in [1.165, 1.54) is 24.3 Å². The second-order valence-corrected chi connectivity index (χ2v) is 4.78. The molecule has 0 bridgehead atoms. The number of benzene rings is 1. The first-order chi connectivity index (χ1) is 9.93. The third-order valence-electron chi connectivity index (χ3n) is 3.00. The number of ether oxygens (including phenoxy) is 1. The Bertz CT molecular complexity index is 475. The standard InChI is InChI=1S/C15H20FNO4/c1-3-4-11(15(19)20)9-17-14(18)10(2)21-13-7-5-12(16)6-8-13/h5-8,10-11H,3-4,9H2,1-2H3,(H,17,18)(H,19,20). The van der Waals surface area contributed by atoms with Gasteiger partial charge in [0.2, 0.25) is 0 Å². The summed E-state index contributed by atoms with van der Waals surface area (Å²) >= 11 is 0. The second-order valence-electron chi connectivity index (χ2n) is 4.78. The van der Waals surface area contributed by atoms with Crippen molar-refractivity contribution in [1.82, 2.24) is 5.32 Å². The van der Waals surface area contributed by atoms with Crippen LogP contribution in [-0.2, 0) is 9.59 Å². The van der Waals surface area contributed by atoms with Crippen LogP contribution in [0.25, 0.3) is 0 Å². The van der Waals surface area contributed by atoms with Crippen LogP contribution in [0.1, 0.15) is 26.7 Å². The number of amides is 1. The summed E-state index contributed by atoms with van der Waals surface area (Å²) in [7, 11) is 0. The van der Waals surface area contributed by atoms with Crippen molar-refractivity contribution in [3.8, 4) is 5.75 Å². The highest BCUT2D eigenvalue weighted by Crippen LogP contribution is 2.13. The Morgan fingerprint density at radius 1 is 1.33 bits per heavy atom. The Balaban J connectivity index is 2.47. The lowest BCUT2D eigenvalue weighted by Crippen LogP contribution is -2.40. The molecule has 1 aromatic rings. The number of halogens is 1. The molecule has 0 saturated carbocycles. The van der Waals surface area contributed by atoms with Gasteiger partial charge in [-0.3, -0.25) is 9.59 Å². The monoisotopic (exact) mass is 297 g/mol. The minimum Gasteiger partial charge on any atom is -0.481 e. The molecule has 1 amide bonds. The predicted molar refractivity (Wildman–Crippen MR) is 75.5 cm³/mol. The summed E-state index contributed by atoms with van der Waals surface area (Å²) in [5.41, 5.74) is 0. The van der Waals surface area contributed by atoms with E-state index in [1.54, 1.807) is 6.92 Å². The molecule has 0 saturated heterocycles. The van der Waals surface area contributed by atoms with E-state index in [0.29, 0.717) is 12.2 Å². The topological polar surface area (TPSA) is 75.6 Å². The lowest BCUT2D eigenvalue weighted by molar-refractivity contribution is -0.142. The van der Waals surface area contributed by atoms with Crippen LogP contribution in [-0.4, -0.2) is 29.6 Å². The van der Waals surface area contributed by atoms with Crippen molar-refractivity contribution in [2.24, 2.45) is 5.92 Å². The van der Waals surface area contributed by atoms with Crippen LogP contribution in [0.4, 0.5) is 4.39 Å². The largest absolute Gasteiger partial charge is 0.481 e. The summed E-state index contributed by atoms with van der Waals surface area (Å²) in [6.07, 6.45) is 0.448. The zero-order valence-electron chi connectivity index (χ0n) is 12.1. The first kappa shape index (κ1) is 16.9. The number of rotatable bonds is 8. The molecule has 2 unspecified atom stereocenters. The van der Waals surface area contributed by atoms with E-state index in [2.05, 4.69) is 5.32 Å². The molecule has 0 fully saturated rings. The zero-order valence-corrected chi connectivity index (χ0v) is 12.1. The number of aliphatic carboxylic acids is 1. The van der Waals surface area contributed by atoms with Gasteiger partial charge >= 0.3 is 5.97 Å². The fourth-order valence-electron chi connectivity index (χ4n) is 1.80. The van der Waals surface area contributed by atoms with Gasteiger partial charge < -0.3 is 15.2 Å². The molecule has 0 aromatic heterocycles. The van der Waals surface area contributed by atoms with Crippen LogP contribution in [0.15, 0.2) is 24.3 Å². The van der Waals surface area contributed by atoms with Crippen molar-refractivity contribution < 1.29 is 23.8 Å². The number of carboxylic acids is 1. The summed E-state index contributed by atoms with van der Waals surface area (Å²) in [4.78, 5) is 22.8. The molecule has 1 rings (SSSR count). The van der Waals surface area contributed by atoms with Crippen molar-refractivity contribution >= 4 is 11.9 Å². The van der Waals surface area contributed by atoms with Crippen molar-refractivity contribution in [3.63, 3.8) is 0 Å². The van der Waals surface area contributed by atoms with E-state index < -0.39 is 23.9 Å². The van der Waals surface area contributed by atoms with Crippen LogP contribution in [0.5, 0.6) is 5.75 Å². The minimum atomic E-state index is -0.927. The average molecular weight is 297 g/mol. The summed E-state index contributed by atoms with van der Waals surface area (Å²) in [6.45, 7) is 3.51. The maximum absolute atomic E-state index is 12.8. The van der Waals surface area contributed by atoms with E-state index in [1.807, 2.05) is 6.92 Å². The van der Waals surface area contributed by atoms with Gasteiger partial charge in [0.15, 0.2) is 6.10 Å². The van der Waals surface area contributed by atoms with Gasteiger partial charge in [-0.1, -0.05) is 13.3 Å². The van der Waals surface area contributed by atoms with E-state index in [-0.39, 0.29) is 12.4 Å². The Morgan fingerprint density at radius 3 is 2.48 bits per heavy atom. The second kappa shape index (κ2) is 8.24. The van der Waals surface area contributed by atoms with Gasteiger partial charge in [0.1, 0.15) is 11.6 Å². The number of hydrogen-bond acceptors (Lipinski definition) is 3. The Labute approximate surface area is 123 Å². The molecule has 0 spiro atoms. The quantitative estimate of drug-likeness (QED) is 0.771. The summed E-state index contributed by atoms with van der Waals surface area (Å²) in [6, 6.07) is 5.33. The van der Waals surface area contributed by atoms with Gasteiger partial charge in [0, 0.05) is 6.54 Å². The fraction of sp³-hybridized carbons (Fsp3) is 0.467. The van der Waals surface area contributed by atoms with Gasteiger partial charge in [-0.05, 0) is 37.6 Å². The molecule has 6 heteroatoms. The minimum absolute atomic E-state index is 0.0686. The molecule has 2 atom stereocenters. The smallest absolute Gasteiger partial charge is 0.308 e. The molecule has 0 heterocycles. The van der Waals surface area contributed by atoms with Crippen molar-refractivity contribution in [2.45, 2.75) is 32.8 Å². The van der Waals surface area contributed by atoms with Gasteiger partial charge in [0.05, 0.1) is 5.92 Å². The molecule has 116 valence electrons. The highest BCUT2D eigenvalue weighted by Gasteiger charge is 2.20. The normalized spacial score (nSPS) is 13.3. The van der Waals surface area contributed by atoms with Crippen LogP contribution >= 0.6 is 0 Å². The Morgan fingerprint density at radius 2 is 1.95 bits per heavy atom. The van der Waals surface area contributed by atoms with Crippen molar-refractivity contribution in [1.29, 1.82) is 0 Å². The molecule has 0 radical (unpaired) electrons. The maximum atomic E-state index is 12.8. The highest BCUT2D eigenvalue weighted by atomic mass is 19.1.